The van der Waals surface area contributed by atoms with Gasteiger partial charge in [-0.3, -0.25) is 0 Å². The molecule has 0 amide bonds. The molecule has 0 unspecified atom stereocenters. The molecule has 0 aliphatic carbocycles. The zero-order valence-corrected chi connectivity index (χ0v) is 18.7. The monoisotopic (exact) mass is 474 g/mol. The SMILES string of the molecule is CC(C)=C(C(=O)O)c1ccccc1COc1cc(Cl)c(OCC=C(Cl)Cl)c(Cl)c1. The Labute approximate surface area is 189 Å². The molecule has 0 bridgehead atoms. The van der Waals surface area contributed by atoms with Gasteiger partial charge in [-0.05, 0) is 31.1 Å². The van der Waals surface area contributed by atoms with Crippen molar-refractivity contribution in [1.29, 1.82) is 0 Å². The summed E-state index contributed by atoms with van der Waals surface area (Å²) >= 11 is 23.6. The summed E-state index contributed by atoms with van der Waals surface area (Å²) in [6.45, 7) is 3.76. The van der Waals surface area contributed by atoms with Crippen molar-refractivity contribution in [3.8, 4) is 11.5 Å². The molecule has 0 aliphatic rings. The predicted octanol–water partition coefficient (Wildman–Crippen LogP) is 7.15. The molecule has 2 aromatic rings. The smallest absolute Gasteiger partial charge is 0.336 e. The Morgan fingerprint density at radius 2 is 1.69 bits per heavy atom. The highest BCUT2D eigenvalue weighted by molar-refractivity contribution is 6.55. The number of halogens is 4. The summed E-state index contributed by atoms with van der Waals surface area (Å²) in [4.78, 5) is 11.7. The molecule has 0 radical (unpaired) electrons. The van der Waals surface area contributed by atoms with E-state index in [1.54, 1.807) is 38.1 Å². The molecule has 0 spiro atoms. The van der Waals surface area contributed by atoms with E-state index in [1.807, 2.05) is 12.1 Å². The molecule has 2 aromatic carbocycles. The fourth-order valence-corrected chi connectivity index (χ4v) is 3.30. The summed E-state index contributed by atoms with van der Waals surface area (Å²) < 4.78 is 11.3. The molecule has 0 atom stereocenters. The van der Waals surface area contributed by atoms with Crippen LogP contribution in [0, 0.1) is 0 Å². The van der Waals surface area contributed by atoms with E-state index in [4.69, 9.17) is 55.9 Å². The van der Waals surface area contributed by atoms with E-state index in [-0.39, 0.29) is 39.1 Å². The Kier molecular flexibility index (Phi) is 8.72. The van der Waals surface area contributed by atoms with E-state index in [9.17, 15) is 9.90 Å². The van der Waals surface area contributed by atoms with Gasteiger partial charge in [-0.1, -0.05) is 76.2 Å². The Morgan fingerprint density at radius 3 is 2.24 bits per heavy atom. The van der Waals surface area contributed by atoms with Crippen LogP contribution in [-0.2, 0) is 11.4 Å². The van der Waals surface area contributed by atoms with E-state index in [2.05, 4.69) is 0 Å². The van der Waals surface area contributed by atoms with Gasteiger partial charge >= 0.3 is 5.97 Å². The van der Waals surface area contributed by atoms with Crippen LogP contribution in [0.2, 0.25) is 10.0 Å². The number of allylic oxidation sites excluding steroid dienone is 1. The van der Waals surface area contributed by atoms with Crippen LogP contribution in [0.4, 0.5) is 0 Å². The Balaban J connectivity index is 2.22. The lowest BCUT2D eigenvalue weighted by atomic mass is 9.97. The number of benzene rings is 2. The number of ether oxygens (including phenoxy) is 2. The number of hydrogen-bond acceptors (Lipinski definition) is 3. The fourth-order valence-electron chi connectivity index (χ4n) is 2.60. The first-order chi connectivity index (χ1) is 13.7. The molecule has 0 fully saturated rings. The average molecular weight is 476 g/mol. The first-order valence-corrected chi connectivity index (χ1v) is 9.96. The quantitative estimate of drug-likeness (QED) is 0.412. The van der Waals surface area contributed by atoms with Crippen LogP contribution in [0.3, 0.4) is 0 Å². The zero-order valence-electron chi connectivity index (χ0n) is 15.6. The molecule has 29 heavy (non-hydrogen) atoms. The lowest BCUT2D eigenvalue weighted by Crippen LogP contribution is -2.07. The molecular formula is C21H18Cl4O4. The number of aliphatic carboxylic acids is 1. The van der Waals surface area contributed by atoms with Gasteiger partial charge < -0.3 is 14.6 Å². The van der Waals surface area contributed by atoms with Crippen molar-refractivity contribution in [2.45, 2.75) is 20.5 Å². The minimum atomic E-state index is -0.990. The molecule has 4 nitrogen and oxygen atoms in total. The highest BCUT2D eigenvalue weighted by Gasteiger charge is 2.17. The summed E-state index contributed by atoms with van der Waals surface area (Å²) in [5, 5.41) is 10.1. The van der Waals surface area contributed by atoms with E-state index in [1.165, 1.54) is 6.08 Å². The predicted molar refractivity (Wildman–Crippen MR) is 118 cm³/mol. The zero-order chi connectivity index (χ0) is 21.6. The highest BCUT2D eigenvalue weighted by Crippen LogP contribution is 2.37. The van der Waals surface area contributed by atoms with Gasteiger partial charge in [0.15, 0.2) is 5.75 Å². The summed E-state index contributed by atoms with van der Waals surface area (Å²) in [5.74, 6) is -0.289. The Bertz CT molecular complexity index is 936. The molecule has 0 aliphatic heterocycles. The molecule has 8 heteroatoms. The van der Waals surface area contributed by atoms with Gasteiger partial charge in [-0.2, -0.15) is 0 Å². The third-order valence-corrected chi connectivity index (χ3v) is 4.70. The maximum atomic E-state index is 11.7. The lowest BCUT2D eigenvalue weighted by Gasteiger charge is -2.14. The third kappa shape index (κ3) is 6.58. The highest BCUT2D eigenvalue weighted by atomic mass is 35.5. The summed E-state index contributed by atoms with van der Waals surface area (Å²) in [5.41, 5.74) is 2.26. The van der Waals surface area contributed by atoms with E-state index >= 15 is 0 Å². The summed E-state index contributed by atoms with van der Waals surface area (Å²) in [6.07, 6.45) is 1.46. The number of carboxylic acid groups (broad SMARTS) is 1. The Hall–Kier alpha value is -1.85. The largest absolute Gasteiger partial charge is 0.489 e. The van der Waals surface area contributed by atoms with Crippen LogP contribution in [0.25, 0.3) is 5.57 Å². The number of carboxylic acids is 1. The van der Waals surface area contributed by atoms with Crippen LogP contribution in [-0.4, -0.2) is 17.7 Å². The summed E-state index contributed by atoms with van der Waals surface area (Å²) in [6, 6.07) is 10.3. The maximum absolute atomic E-state index is 11.7. The van der Waals surface area contributed by atoms with Gasteiger partial charge in [0.05, 0.1) is 15.6 Å². The van der Waals surface area contributed by atoms with Gasteiger partial charge in [0.25, 0.3) is 0 Å². The molecule has 1 N–H and O–H groups in total. The molecule has 0 heterocycles. The van der Waals surface area contributed by atoms with Crippen molar-refractivity contribution < 1.29 is 19.4 Å². The van der Waals surface area contributed by atoms with Gasteiger partial charge in [0.1, 0.15) is 23.5 Å². The van der Waals surface area contributed by atoms with E-state index in [0.717, 1.165) is 5.56 Å². The second kappa shape index (κ2) is 10.8. The number of carbonyl (C=O) groups is 1. The second-order valence-electron chi connectivity index (χ2n) is 6.15. The minimum absolute atomic E-state index is 0.0768. The van der Waals surface area contributed by atoms with Crippen molar-refractivity contribution in [1.82, 2.24) is 0 Å². The molecule has 154 valence electrons. The van der Waals surface area contributed by atoms with Crippen LogP contribution < -0.4 is 9.47 Å². The van der Waals surface area contributed by atoms with Crippen LogP contribution in [0.5, 0.6) is 11.5 Å². The van der Waals surface area contributed by atoms with Gasteiger partial charge in [-0.15, -0.1) is 0 Å². The first-order valence-electron chi connectivity index (χ1n) is 8.45. The fraction of sp³-hybridized carbons (Fsp3) is 0.190. The van der Waals surface area contributed by atoms with Crippen molar-refractivity contribution in [2.24, 2.45) is 0 Å². The molecule has 0 saturated heterocycles. The van der Waals surface area contributed by atoms with Gasteiger partial charge in [0.2, 0.25) is 0 Å². The van der Waals surface area contributed by atoms with E-state index in [0.29, 0.717) is 16.9 Å². The van der Waals surface area contributed by atoms with Crippen molar-refractivity contribution in [3.05, 3.63) is 73.7 Å². The van der Waals surface area contributed by atoms with Crippen LogP contribution in [0.15, 0.2) is 52.5 Å². The average Bonchev–Trinajstić information content (AvgIpc) is 2.62. The standard InChI is InChI=1S/C21H18Cl4O4/c1-12(2)19(21(26)27)15-6-4-3-5-13(15)11-29-14-9-16(22)20(17(23)10-14)28-8-7-18(24)25/h3-7,9-10H,8,11H2,1-2H3,(H,26,27). The van der Waals surface area contributed by atoms with Crippen LogP contribution >= 0.6 is 46.4 Å². The molecule has 0 aromatic heterocycles. The molecule has 2 rings (SSSR count). The molecular weight excluding hydrogens is 458 g/mol. The van der Waals surface area contributed by atoms with Crippen LogP contribution in [0.1, 0.15) is 25.0 Å². The lowest BCUT2D eigenvalue weighted by molar-refractivity contribution is -0.130. The van der Waals surface area contributed by atoms with Gasteiger partial charge in [0, 0.05) is 12.1 Å². The van der Waals surface area contributed by atoms with Crippen molar-refractivity contribution in [2.75, 3.05) is 6.61 Å². The van der Waals surface area contributed by atoms with E-state index < -0.39 is 5.97 Å². The maximum Gasteiger partial charge on any atom is 0.336 e. The number of rotatable bonds is 8. The van der Waals surface area contributed by atoms with Crippen molar-refractivity contribution in [3.63, 3.8) is 0 Å². The minimum Gasteiger partial charge on any atom is -0.489 e. The topological polar surface area (TPSA) is 55.8 Å². The molecule has 0 saturated carbocycles. The summed E-state index contributed by atoms with van der Waals surface area (Å²) in [7, 11) is 0. The normalized spacial score (nSPS) is 10.3. The Morgan fingerprint density at radius 1 is 1.07 bits per heavy atom. The first kappa shape index (κ1) is 23.4. The third-order valence-electron chi connectivity index (χ3n) is 3.83. The second-order valence-corrected chi connectivity index (χ2v) is 7.97. The van der Waals surface area contributed by atoms with Crippen molar-refractivity contribution >= 4 is 57.9 Å². The van der Waals surface area contributed by atoms with Gasteiger partial charge in [-0.25, -0.2) is 4.79 Å². The number of hydrogen-bond donors (Lipinski definition) is 1.